The fourth-order valence-electron chi connectivity index (χ4n) is 1.02. The van der Waals surface area contributed by atoms with Gasteiger partial charge in [0.2, 0.25) is 0 Å². The molecule has 12 heavy (non-hydrogen) atoms. The molecule has 1 fully saturated rings. The number of nitrogens with zero attached hydrogens (tertiary/aromatic N) is 2. The van der Waals surface area contributed by atoms with Crippen molar-refractivity contribution in [2.24, 2.45) is 7.05 Å². The Morgan fingerprint density at radius 3 is 3.00 bits per heavy atom. The van der Waals surface area contributed by atoms with Gasteiger partial charge >= 0.3 is 0 Å². The van der Waals surface area contributed by atoms with Gasteiger partial charge in [0, 0.05) is 19.3 Å². The van der Waals surface area contributed by atoms with Gasteiger partial charge in [0.25, 0.3) is 5.91 Å². The highest BCUT2D eigenvalue weighted by atomic mass is 16.2. The molecule has 1 aromatic rings. The highest BCUT2D eigenvalue weighted by Gasteiger charge is 2.24. The van der Waals surface area contributed by atoms with Crippen molar-refractivity contribution in [3.63, 3.8) is 0 Å². The molecule has 64 valence electrons. The quantitative estimate of drug-likeness (QED) is 0.685. The smallest absolute Gasteiger partial charge is 0.271 e. The number of carbonyl (C=O) groups excluding carboxylic acids is 1. The summed E-state index contributed by atoms with van der Waals surface area (Å²) in [5, 5.41) is 2.87. The number of nitrogens with one attached hydrogen (secondary N) is 1. The second kappa shape index (κ2) is 2.62. The summed E-state index contributed by atoms with van der Waals surface area (Å²) in [6.45, 7) is 0. The highest BCUT2D eigenvalue weighted by Crippen LogP contribution is 2.18. The molecule has 0 bridgehead atoms. The average Bonchev–Trinajstić information content (AvgIpc) is 2.72. The monoisotopic (exact) mass is 165 g/mol. The Kier molecular flexibility index (Phi) is 1.60. The predicted octanol–water partition coefficient (Wildman–Crippen LogP) is 0.312. The van der Waals surface area contributed by atoms with Gasteiger partial charge in [-0.15, -0.1) is 0 Å². The van der Waals surface area contributed by atoms with Crippen LogP contribution < -0.4 is 5.32 Å². The van der Waals surface area contributed by atoms with E-state index >= 15 is 0 Å². The summed E-state index contributed by atoms with van der Waals surface area (Å²) in [6, 6.07) is 0.402. The fourth-order valence-corrected chi connectivity index (χ4v) is 1.02. The van der Waals surface area contributed by atoms with Crippen molar-refractivity contribution in [2.75, 3.05) is 0 Å². The van der Waals surface area contributed by atoms with Crippen LogP contribution in [0, 0.1) is 0 Å². The average molecular weight is 165 g/mol. The topological polar surface area (TPSA) is 46.9 Å². The molecule has 4 heteroatoms. The van der Waals surface area contributed by atoms with E-state index in [0.29, 0.717) is 11.7 Å². The Balaban J connectivity index is 2.03. The SMILES string of the molecule is Cn1cnc(C(=O)NC2CC2)c1. The van der Waals surface area contributed by atoms with Crippen molar-refractivity contribution in [1.29, 1.82) is 0 Å². The molecule has 2 rings (SSSR count). The maximum Gasteiger partial charge on any atom is 0.271 e. The molecule has 1 N–H and O–H groups in total. The van der Waals surface area contributed by atoms with E-state index in [9.17, 15) is 4.79 Å². The Morgan fingerprint density at radius 1 is 1.75 bits per heavy atom. The van der Waals surface area contributed by atoms with Crippen LogP contribution in [-0.4, -0.2) is 21.5 Å². The molecule has 1 aliphatic rings. The summed E-state index contributed by atoms with van der Waals surface area (Å²) >= 11 is 0. The van der Waals surface area contributed by atoms with Crippen molar-refractivity contribution in [3.8, 4) is 0 Å². The van der Waals surface area contributed by atoms with Crippen molar-refractivity contribution < 1.29 is 4.79 Å². The van der Waals surface area contributed by atoms with Crippen molar-refractivity contribution in [3.05, 3.63) is 18.2 Å². The maximum atomic E-state index is 11.3. The molecule has 1 saturated carbocycles. The summed E-state index contributed by atoms with van der Waals surface area (Å²) in [5.41, 5.74) is 0.504. The largest absolute Gasteiger partial charge is 0.348 e. The van der Waals surface area contributed by atoms with Gasteiger partial charge in [0.1, 0.15) is 5.69 Å². The molecule has 0 atom stereocenters. The lowest BCUT2D eigenvalue weighted by Gasteiger charge is -1.97. The number of aryl methyl sites for hydroxylation is 1. The molecule has 0 spiro atoms. The first-order valence-corrected chi connectivity index (χ1v) is 4.04. The van der Waals surface area contributed by atoms with Crippen molar-refractivity contribution >= 4 is 5.91 Å². The molecule has 1 amide bonds. The second-order valence-electron chi connectivity index (χ2n) is 3.17. The van der Waals surface area contributed by atoms with Crippen LogP contribution in [0.15, 0.2) is 12.5 Å². The molecule has 4 nitrogen and oxygen atoms in total. The van der Waals surface area contributed by atoms with Gasteiger partial charge < -0.3 is 9.88 Å². The lowest BCUT2D eigenvalue weighted by molar-refractivity contribution is 0.0946. The highest BCUT2D eigenvalue weighted by molar-refractivity contribution is 5.92. The van der Waals surface area contributed by atoms with Crippen LogP contribution in [-0.2, 0) is 7.05 Å². The minimum Gasteiger partial charge on any atom is -0.348 e. The summed E-state index contributed by atoms with van der Waals surface area (Å²) in [5.74, 6) is -0.0573. The standard InChI is InChI=1S/C8H11N3O/c1-11-4-7(9-5-11)8(12)10-6-2-3-6/h4-6H,2-3H2,1H3,(H,10,12). The van der Waals surface area contributed by atoms with E-state index in [1.165, 1.54) is 0 Å². The Bertz CT molecular complexity index is 301. The molecule has 0 aromatic carbocycles. The number of aromatic nitrogens is 2. The van der Waals surface area contributed by atoms with Gasteiger partial charge in [-0.1, -0.05) is 0 Å². The van der Waals surface area contributed by atoms with E-state index in [0.717, 1.165) is 12.8 Å². The fraction of sp³-hybridized carbons (Fsp3) is 0.500. The number of amides is 1. The summed E-state index contributed by atoms with van der Waals surface area (Å²) in [7, 11) is 1.85. The third-order valence-corrected chi connectivity index (χ3v) is 1.85. The van der Waals surface area contributed by atoms with Gasteiger partial charge in [-0.2, -0.15) is 0 Å². The van der Waals surface area contributed by atoms with Gasteiger partial charge in [0.15, 0.2) is 0 Å². The summed E-state index contributed by atoms with van der Waals surface area (Å²) < 4.78 is 1.77. The Labute approximate surface area is 70.6 Å². The first-order chi connectivity index (χ1) is 5.75. The molecule has 1 aromatic heterocycles. The summed E-state index contributed by atoms with van der Waals surface area (Å²) in [6.07, 6.45) is 5.57. The number of rotatable bonds is 2. The first kappa shape index (κ1) is 7.34. The number of hydrogen-bond donors (Lipinski definition) is 1. The summed E-state index contributed by atoms with van der Waals surface area (Å²) in [4.78, 5) is 15.3. The van der Waals surface area contributed by atoms with Gasteiger partial charge in [-0.05, 0) is 12.8 Å². The third-order valence-electron chi connectivity index (χ3n) is 1.85. The Hall–Kier alpha value is -1.32. The van der Waals surface area contributed by atoms with E-state index in [2.05, 4.69) is 10.3 Å². The number of hydrogen-bond acceptors (Lipinski definition) is 2. The van der Waals surface area contributed by atoms with Crippen LogP contribution in [0.4, 0.5) is 0 Å². The molecule has 0 radical (unpaired) electrons. The van der Waals surface area contributed by atoms with E-state index in [-0.39, 0.29) is 5.91 Å². The van der Waals surface area contributed by atoms with Crippen LogP contribution in [0.25, 0.3) is 0 Å². The minimum absolute atomic E-state index is 0.0573. The molecule has 0 aliphatic heterocycles. The van der Waals surface area contributed by atoms with Gasteiger partial charge in [-0.3, -0.25) is 4.79 Å². The zero-order valence-electron chi connectivity index (χ0n) is 6.95. The lowest BCUT2D eigenvalue weighted by Crippen LogP contribution is -2.25. The van der Waals surface area contributed by atoms with E-state index in [1.807, 2.05) is 7.05 Å². The van der Waals surface area contributed by atoms with Crippen LogP contribution in [0.3, 0.4) is 0 Å². The third kappa shape index (κ3) is 1.47. The molecule has 1 heterocycles. The molecule has 0 saturated heterocycles. The Morgan fingerprint density at radius 2 is 2.50 bits per heavy atom. The normalized spacial score (nSPS) is 16.1. The minimum atomic E-state index is -0.0573. The molecular weight excluding hydrogens is 154 g/mol. The zero-order chi connectivity index (χ0) is 8.55. The lowest BCUT2D eigenvalue weighted by atomic mass is 10.4. The first-order valence-electron chi connectivity index (χ1n) is 4.04. The van der Waals surface area contributed by atoms with E-state index in [1.54, 1.807) is 17.1 Å². The van der Waals surface area contributed by atoms with Gasteiger partial charge in [0.05, 0.1) is 6.33 Å². The van der Waals surface area contributed by atoms with Crippen LogP contribution >= 0.6 is 0 Å². The van der Waals surface area contributed by atoms with Crippen LogP contribution in [0.2, 0.25) is 0 Å². The molecule has 1 aliphatic carbocycles. The van der Waals surface area contributed by atoms with Gasteiger partial charge in [-0.25, -0.2) is 4.98 Å². The van der Waals surface area contributed by atoms with Crippen molar-refractivity contribution in [1.82, 2.24) is 14.9 Å². The van der Waals surface area contributed by atoms with Crippen LogP contribution in [0.1, 0.15) is 23.3 Å². The zero-order valence-corrected chi connectivity index (χ0v) is 6.95. The predicted molar refractivity (Wildman–Crippen MR) is 43.7 cm³/mol. The number of carbonyl (C=O) groups is 1. The van der Waals surface area contributed by atoms with E-state index < -0.39 is 0 Å². The molecular formula is C8H11N3O. The van der Waals surface area contributed by atoms with Crippen molar-refractivity contribution in [2.45, 2.75) is 18.9 Å². The number of imidazole rings is 1. The molecule has 0 unspecified atom stereocenters. The van der Waals surface area contributed by atoms with Crippen LogP contribution in [0.5, 0.6) is 0 Å². The maximum absolute atomic E-state index is 11.3. The second-order valence-corrected chi connectivity index (χ2v) is 3.17. The van der Waals surface area contributed by atoms with E-state index in [4.69, 9.17) is 0 Å².